The van der Waals surface area contributed by atoms with Crippen molar-refractivity contribution in [3.8, 4) is 12.3 Å². The molecule has 0 aliphatic carbocycles. The number of aliphatic imine (C=N–C) groups is 1. The van der Waals surface area contributed by atoms with Gasteiger partial charge in [0.2, 0.25) is 0 Å². The Morgan fingerprint density at radius 2 is 2.24 bits per heavy atom. The minimum Gasteiger partial charge on any atom is -0.361 e. The highest BCUT2D eigenvalue weighted by Crippen LogP contribution is 2.11. The van der Waals surface area contributed by atoms with Crippen molar-refractivity contribution in [2.45, 2.75) is 26.8 Å². The molecule has 0 spiro atoms. The predicted molar refractivity (Wildman–Crippen MR) is 67.6 cm³/mol. The van der Waals surface area contributed by atoms with Crippen LogP contribution in [0.15, 0.2) is 9.52 Å². The zero-order valence-corrected chi connectivity index (χ0v) is 10.5. The molecule has 5 heteroatoms. The fourth-order valence-corrected chi connectivity index (χ4v) is 1.40. The van der Waals surface area contributed by atoms with Gasteiger partial charge in [0.1, 0.15) is 5.76 Å². The van der Waals surface area contributed by atoms with E-state index in [1.54, 1.807) is 7.05 Å². The van der Waals surface area contributed by atoms with E-state index in [0.29, 0.717) is 19.5 Å². The second-order valence-corrected chi connectivity index (χ2v) is 3.61. The van der Waals surface area contributed by atoms with Crippen LogP contribution in [0.25, 0.3) is 0 Å². The Labute approximate surface area is 102 Å². The molecular weight excluding hydrogens is 216 g/mol. The first kappa shape index (κ1) is 13.1. The first-order valence-corrected chi connectivity index (χ1v) is 5.48. The van der Waals surface area contributed by atoms with Gasteiger partial charge in [-0.1, -0.05) is 5.16 Å². The summed E-state index contributed by atoms with van der Waals surface area (Å²) < 4.78 is 5.08. The lowest BCUT2D eigenvalue weighted by Gasteiger charge is -2.10. The average molecular weight is 234 g/mol. The molecular formula is C12H18N4O. The minimum atomic E-state index is 0.636. The molecule has 1 rings (SSSR count). The molecule has 17 heavy (non-hydrogen) atoms. The molecule has 0 saturated carbocycles. The first-order chi connectivity index (χ1) is 8.19. The molecule has 0 unspecified atom stereocenters. The molecule has 0 amide bonds. The molecule has 0 bridgehead atoms. The monoisotopic (exact) mass is 234 g/mol. The molecule has 1 aromatic rings. The van der Waals surface area contributed by atoms with Crippen molar-refractivity contribution in [3.05, 3.63) is 17.0 Å². The molecule has 1 aromatic heterocycles. The average Bonchev–Trinajstić information content (AvgIpc) is 2.64. The van der Waals surface area contributed by atoms with Gasteiger partial charge in [-0.2, -0.15) is 0 Å². The summed E-state index contributed by atoms with van der Waals surface area (Å²) >= 11 is 0. The van der Waals surface area contributed by atoms with Crippen molar-refractivity contribution in [2.75, 3.05) is 13.6 Å². The number of hydrogen-bond acceptors (Lipinski definition) is 3. The Morgan fingerprint density at radius 3 is 2.76 bits per heavy atom. The van der Waals surface area contributed by atoms with Gasteiger partial charge in [-0.3, -0.25) is 4.99 Å². The first-order valence-electron chi connectivity index (χ1n) is 5.48. The van der Waals surface area contributed by atoms with Crippen LogP contribution >= 0.6 is 0 Å². The summed E-state index contributed by atoms with van der Waals surface area (Å²) in [4.78, 5) is 4.09. The minimum absolute atomic E-state index is 0.636. The van der Waals surface area contributed by atoms with Gasteiger partial charge in [0.05, 0.1) is 5.69 Å². The molecule has 1 heterocycles. The van der Waals surface area contributed by atoms with Gasteiger partial charge >= 0.3 is 0 Å². The lowest BCUT2D eigenvalue weighted by atomic mass is 10.2. The quantitative estimate of drug-likeness (QED) is 0.353. The lowest BCUT2D eigenvalue weighted by Crippen LogP contribution is -2.37. The molecule has 0 saturated heterocycles. The molecule has 5 nitrogen and oxygen atoms in total. The summed E-state index contributed by atoms with van der Waals surface area (Å²) in [6.07, 6.45) is 5.85. The number of guanidine groups is 1. The van der Waals surface area contributed by atoms with E-state index in [2.05, 4.69) is 26.7 Å². The van der Waals surface area contributed by atoms with Crippen LogP contribution in [-0.4, -0.2) is 24.7 Å². The second-order valence-electron chi connectivity index (χ2n) is 3.61. The largest absolute Gasteiger partial charge is 0.361 e. The van der Waals surface area contributed by atoms with Crippen LogP contribution < -0.4 is 10.6 Å². The van der Waals surface area contributed by atoms with E-state index >= 15 is 0 Å². The summed E-state index contributed by atoms with van der Waals surface area (Å²) in [5, 5.41) is 10.2. The van der Waals surface area contributed by atoms with Crippen LogP contribution in [0.5, 0.6) is 0 Å². The Balaban J connectivity index is 2.46. The highest BCUT2D eigenvalue weighted by Gasteiger charge is 2.08. The summed E-state index contributed by atoms with van der Waals surface area (Å²) in [6.45, 7) is 5.16. The van der Waals surface area contributed by atoms with E-state index in [9.17, 15) is 0 Å². The van der Waals surface area contributed by atoms with Gasteiger partial charge in [0.15, 0.2) is 5.96 Å². The number of terminal acetylenes is 1. The zero-order chi connectivity index (χ0) is 12.7. The third-order valence-corrected chi connectivity index (χ3v) is 2.40. The van der Waals surface area contributed by atoms with Crippen LogP contribution in [0.3, 0.4) is 0 Å². The van der Waals surface area contributed by atoms with E-state index in [-0.39, 0.29) is 0 Å². The Hall–Kier alpha value is -1.96. The SMILES string of the molecule is C#CCCNC(=NC)NCc1c(C)noc1C. The van der Waals surface area contributed by atoms with Crippen molar-refractivity contribution < 1.29 is 4.52 Å². The number of aromatic nitrogens is 1. The molecule has 0 atom stereocenters. The molecule has 0 aromatic carbocycles. The van der Waals surface area contributed by atoms with E-state index in [1.165, 1.54) is 0 Å². The number of nitrogens with zero attached hydrogens (tertiary/aromatic N) is 2. The van der Waals surface area contributed by atoms with Gasteiger partial charge in [-0.15, -0.1) is 12.3 Å². The molecule has 0 aliphatic heterocycles. The third-order valence-electron chi connectivity index (χ3n) is 2.40. The third kappa shape index (κ3) is 3.83. The highest BCUT2D eigenvalue weighted by atomic mass is 16.5. The summed E-state index contributed by atoms with van der Waals surface area (Å²) in [5.74, 6) is 4.12. The maximum absolute atomic E-state index is 5.18. The zero-order valence-electron chi connectivity index (χ0n) is 10.5. The number of hydrogen-bond donors (Lipinski definition) is 2. The summed E-state index contributed by atoms with van der Waals surface area (Å²) in [6, 6.07) is 0. The van der Waals surface area contributed by atoms with Crippen LogP contribution in [0.1, 0.15) is 23.4 Å². The van der Waals surface area contributed by atoms with Crippen LogP contribution in [0.4, 0.5) is 0 Å². The van der Waals surface area contributed by atoms with Crippen molar-refractivity contribution in [1.29, 1.82) is 0 Å². The fraction of sp³-hybridized carbons (Fsp3) is 0.500. The summed E-state index contributed by atoms with van der Waals surface area (Å²) in [7, 11) is 1.72. The molecule has 0 aliphatic rings. The van der Waals surface area contributed by atoms with Crippen LogP contribution in [0, 0.1) is 26.2 Å². The highest BCUT2D eigenvalue weighted by molar-refractivity contribution is 5.79. The Kier molecular flexibility index (Phi) is 5.08. The Bertz CT molecular complexity index is 409. The lowest BCUT2D eigenvalue weighted by molar-refractivity contribution is 0.392. The van der Waals surface area contributed by atoms with Gasteiger partial charge in [-0.25, -0.2) is 0 Å². The molecule has 2 N–H and O–H groups in total. The van der Waals surface area contributed by atoms with Gasteiger partial charge in [-0.05, 0) is 13.8 Å². The van der Waals surface area contributed by atoms with Crippen molar-refractivity contribution in [2.24, 2.45) is 4.99 Å². The number of aryl methyl sites for hydroxylation is 2. The molecule has 92 valence electrons. The maximum atomic E-state index is 5.18. The predicted octanol–water partition coefficient (Wildman–Crippen LogP) is 0.980. The van der Waals surface area contributed by atoms with E-state index in [1.807, 2.05) is 13.8 Å². The number of nitrogens with one attached hydrogen (secondary N) is 2. The smallest absolute Gasteiger partial charge is 0.191 e. The summed E-state index contributed by atoms with van der Waals surface area (Å²) in [5.41, 5.74) is 1.96. The topological polar surface area (TPSA) is 62.5 Å². The van der Waals surface area contributed by atoms with Gasteiger partial charge in [0.25, 0.3) is 0 Å². The standard InChI is InChI=1S/C12H18N4O/c1-5-6-7-14-12(13-4)15-8-11-9(2)16-17-10(11)3/h1H,6-8H2,2-4H3,(H2,13,14,15). The number of rotatable bonds is 4. The normalized spacial score (nSPS) is 11.1. The molecule has 0 fully saturated rings. The van der Waals surface area contributed by atoms with E-state index in [0.717, 1.165) is 23.0 Å². The maximum Gasteiger partial charge on any atom is 0.191 e. The van der Waals surface area contributed by atoms with Gasteiger partial charge in [0, 0.05) is 32.1 Å². The second kappa shape index (κ2) is 6.59. The van der Waals surface area contributed by atoms with Gasteiger partial charge < -0.3 is 15.2 Å². The van der Waals surface area contributed by atoms with E-state index in [4.69, 9.17) is 10.9 Å². The molecule has 0 radical (unpaired) electrons. The fourth-order valence-electron chi connectivity index (χ4n) is 1.40. The van der Waals surface area contributed by atoms with Crippen LogP contribution in [-0.2, 0) is 6.54 Å². The van der Waals surface area contributed by atoms with E-state index < -0.39 is 0 Å². The van der Waals surface area contributed by atoms with Crippen molar-refractivity contribution >= 4 is 5.96 Å². The van der Waals surface area contributed by atoms with Crippen LogP contribution in [0.2, 0.25) is 0 Å². The van der Waals surface area contributed by atoms with Crippen molar-refractivity contribution in [1.82, 2.24) is 15.8 Å². The van der Waals surface area contributed by atoms with Crippen molar-refractivity contribution in [3.63, 3.8) is 0 Å². The Morgan fingerprint density at radius 1 is 1.47 bits per heavy atom.